The van der Waals surface area contributed by atoms with Gasteiger partial charge in [-0.2, -0.15) is 0 Å². The van der Waals surface area contributed by atoms with Crippen LogP contribution < -0.4 is 0 Å². The van der Waals surface area contributed by atoms with Crippen molar-refractivity contribution in [2.75, 3.05) is 0 Å². The fraction of sp³-hybridized carbons (Fsp3) is 0.333. The third kappa shape index (κ3) is 1.64. The van der Waals surface area contributed by atoms with Gasteiger partial charge in [0.15, 0.2) is 11.5 Å². The van der Waals surface area contributed by atoms with Crippen molar-refractivity contribution in [3.63, 3.8) is 0 Å². The molecule has 2 nitrogen and oxygen atoms in total. The van der Waals surface area contributed by atoms with Gasteiger partial charge >= 0.3 is 0 Å². The van der Waals surface area contributed by atoms with Crippen molar-refractivity contribution in [1.29, 1.82) is 0 Å². The Labute approximate surface area is 101 Å². The maximum Gasteiger partial charge on any atom is 0.165 e. The molecule has 0 amide bonds. The summed E-state index contributed by atoms with van der Waals surface area (Å²) in [5.41, 5.74) is 1.32. The van der Waals surface area contributed by atoms with Gasteiger partial charge in [-0.05, 0) is 35.8 Å². The van der Waals surface area contributed by atoms with Crippen LogP contribution in [0.1, 0.15) is 37.2 Å². The lowest BCUT2D eigenvalue weighted by Gasteiger charge is -2.14. The summed E-state index contributed by atoms with van der Waals surface area (Å²) in [5.74, 6) is 0.575. The largest absolute Gasteiger partial charge is 0.504 e. The molecule has 0 spiro atoms. The highest BCUT2D eigenvalue weighted by molar-refractivity contribution is 5.93. The summed E-state index contributed by atoms with van der Waals surface area (Å²) in [6.45, 7) is 0. The molecule has 2 aromatic carbocycles. The molecule has 1 saturated carbocycles. The van der Waals surface area contributed by atoms with Gasteiger partial charge in [0.2, 0.25) is 0 Å². The summed E-state index contributed by atoms with van der Waals surface area (Å²) in [5, 5.41) is 21.2. The smallest absolute Gasteiger partial charge is 0.165 e. The van der Waals surface area contributed by atoms with E-state index in [1.807, 2.05) is 18.2 Å². The predicted octanol–water partition coefficient (Wildman–Crippen LogP) is 3.91. The van der Waals surface area contributed by atoms with Crippen LogP contribution in [0, 0.1) is 0 Å². The molecule has 17 heavy (non-hydrogen) atoms. The van der Waals surface area contributed by atoms with Crippen molar-refractivity contribution < 1.29 is 10.2 Å². The van der Waals surface area contributed by atoms with Crippen LogP contribution in [0.2, 0.25) is 0 Å². The van der Waals surface area contributed by atoms with E-state index < -0.39 is 0 Å². The van der Waals surface area contributed by atoms with E-state index in [1.165, 1.54) is 31.2 Å². The van der Waals surface area contributed by atoms with Crippen LogP contribution in [0.25, 0.3) is 10.8 Å². The molecule has 2 aromatic rings. The summed E-state index contributed by atoms with van der Waals surface area (Å²) >= 11 is 0. The number of aromatic hydroxyl groups is 2. The van der Waals surface area contributed by atoms with Gasteiger partial charge < -0.3 is 10.2 Å². The van der Waals surface area contributed by atoms with E-state index >= 15 is 0 Å². The summed E-state index contributed by atoms with van der Waals surface area (Å²) in [7, 11) is 0. The number of phenolic OH excluding ortho intramolecular Hbond substituents is 2. The van der Waals surface area contributed by atoms with E-state index in [2.05, 4.69) is 6.07 Å². The van der Waals surface area contributed by atoms with Crippen LogP contribution in [0.5, 0.6) is 11.5 Å². The van der Waals surface area contributed by atoms with Crippen LogP contribution in [0.15, 0.2) is 30.3 Å². The summed E-state index contributed by atoms with van der Waals surface area (Å²) in [6.07, 6.45) is 5.07. The molecule has 2 heteroatoms. The Morgan fingerprint density at radius 3 is 2.41 bits per heavy atom. The second-order valence-corrected chi connectivity index (χ2v) is 4.86. The number of hydrogen-bond acceptors (Lipinski definition) is 2. The fourth-order valence-corrected chi connectivity index (χ4v) is 2.95. The second kappa shape index (κ2) is 3.95. The lowest BCUT2D eigenvalue weighted by atomic mass is 9.92. The Kier molecular flexibility index (Phi) is 2.43. The number of fused-ring (bicyclic) bond motifs is 1. The molecular weight excluding hydrogens is 212 g/mol. The molecule has 1 fully saturated rings. The van der Waals surface area contributed by atoms with Crippen LogP contribution >= 0.6 is 0 Å². The Morgan fingerprint density at radius 1 is 0.882 bits per heavy atom. The minimum Gasteiger partial charge on any atom is -0.504 e. The van der Waals surface area contributed by atoms with Gasteiger partial charge in [0.25, 0.3) is 0 Å². The maximum absolute atomic E-state index is 9.88. The molecule has 88 valence electrons. The van der Waals surface area contributed by atoms with Crippen molar-refractivity contribution in [2.24, 2.45) is 0 Å². The van der Waals surface area contributed by atoms with Gasteiger partial charge in [0.05, 0.1) is 0 Å². The third-order valence-corrected chi connectivity index (χ3v) is 3.84. The normalized spacial score (nSPS) is 16.7. The molecule has 0 bridgehead atoms. The van der Waals surface area contributed by atoms with Crippen molar-refractivity contribution in [3.8, 4) is 11.5 Å². The number of phenols is 2. The van der Waals surface area contributed by atoms with Gasteiger partial charge in [0, 0.05) is 5.39 Å². The first-order valence-electron chi connectivity index (χ1n) is 6.21. The molecule has 0 atom stereocenters. The Balaban J connectivity index is 2.22. The number of benzene rings is 2. The molecule has 0 saturated heterocycles. The van der Waals surface area contributed by atoms with E-state index in [0.29, 0.717) is 5.92 Å². The lowest BCUT2D eigenvalue weighted by Crippen LogP contribution is -1.93. The zero-order valence-electron chi connectivity index (χ0n) is 9.69. The van der Waals surface area contributed by atoms with E-state index in [-0.39, 0.29) is 11.5 Å². The number of rotatable bonds is 1. The topological polar surface area (TPSA) is 40.5 Å². The lowest BCUT2D eigenvalue weighted by molar-refractivity contribution is 0.408. The predicted molar refractivity (Wildman–Crippen MR) is 68.5 cm³/mol. The molecule has 0 radical (unpaired) electrons. The molecule has 0 unspecified atom stereocenters. The average molecular weight is 228 g/mol. The number of hydrogen-bond donors (Lipinski definition) is 2. The van der Waals surface area contributed by atoms with Crippen molar-refractivity contribution in [3.05, 3.63) is 35.9 Å². The monoisotopic (exact) mass is 228 g/mol. The van der Waals surface area contributed by atoms with Crippen LogP contribution in [0.4, 0.5) is 0 Å². The van der Waals surface area contributed by atoms with E-state index in [4.69, 9.17) is 0 Å². The Hall–Kier alpha value is -1.70. The zero-order chi connectivity index (χ0) is 11.8. The van der Waals surface area contributed by atoms with Crippen molar-refractivity contribution in [2.45, 2.75) is 31.6 Å². The van der Waals surface area contributed by atoms with Crippen molar-refractivity contribution in [1.82, 2.24) is 0 Å². The zero-order valence-corrected chi connectivity index (χ0v) is 9.69. The quantitative estimate of drug-likeness (QED) is 0.726. The standard InChI is InChI=1S/C15H16O2/c16-14-9-8-12-11(10-4-1-2-5-10)6-3-7-13(12)15(14)17/h3,6-10,16-17H,1-2,4-5H2. The van der Waals surface area contributed by atoms with Gasteiger partial charge in [-0.25, -0.2) is 0 Å². The average Bonchev–Trinajstić information content (AvgIpc) is 2.87. The van der Waals surface area contributed by atoms with Gasteiger partial charge in [0.1, 0.15) is 0 Å². The first-order chi connectivity index (χ1) is 8.27. The first-order valence-corrected chi connectivity index (χ1v) is 6.21. The highest BCUT2D eigenvalue weighted by Crippen LogP contribution is 2.41. The van der Waals surface area contributed by atoms with Gasteiger partial charge in [-0.3, -0.25) is 0 Å². The maximum atomic E-state index is 9.88. The van der Waals surface area contributed by atoms with Gasteiger partial charge in [-0.1, -0.05) is 37.1 Å². The molecule has 0 heterocycles. The highest BCUT2D eigenvalue weighted by Gasteiger charge is 2.19. The fourth-order valence-electron chi connectivity index (χ4n) is 2.95. The van der Waals surface area contributed by atoms with E-state index in [0.717, 1.165) is 10.8 Å². The third-order valence-electron chi connectivity index (χ3n) is 3.84. The Bertz CT molecular complexity index is 554. The van der Waals surface area contributed by atoms with Crippen molar-refractivity contribution >= 4 is 10.8 Å². The molecule has 3 rings (SSSR count). The van der Waals surface area contributed by atoms with Crippen LogP contribution in [-0.2, 0) is 0 Å². The van der Waals surface area contributed by atoms with Gasteiger partial charge in [-0.15, -0.1) is 0 Å². The first kappa shape index (κ1) is 10.5. The van der Waals surface area contributed by atoms with Crippen LogP contribution in [-0.4, -0.2) is 10.2 Å². The molecule has 1 aliphatic rings. The molecule has 1 aliphatic carbocycles. The summed E-state index contributed by atoms with van der Waals surface area (Å²) in [6, 6.07) is 9.47. The molecular formula is C15H16O2. The summed E-state index contributed by atoms with van der Waals surface area (Å²) in [4.78, 5) is 0. The molecule has 2 N–H and O–H groups in total. The molecule has 0 aliphatic heterocycles. The van der Waals surface area contributed by atoms with Crippen LogP contribution in [0.3, 0.4) is 0 Å². The summed E-state index contributed by atoms with van der Waals surface area (Å²) < 4.78 is 0. The molecule has 0 aromatic heterocycles. The highest BCUT2D eigenvalue weighted by atomic mass is 16.3. The second-order valence-electron chi connectivity index (χ2n) is 4.86. The minimum absolute atomic E-state index is 0.00217. The SMILES string of the molecule is Oc1ccc2c(C3CCCC3)cccc2c1O. The Morgan fingerprint density at radius 2 is 1.65 bits per heavy atom. The van der Waals surface area contributed by atoms with E-state index in [1.54, 1.807) is 6.07 Å². The van der Waals surface area contributed by atoms with E-state index in [9.17, 15) is 10.2 Å². The minimum atomic E-state index is -0.0407.